The number of nitrogens with one attached hydrogen (secondary N) is 3. The first-order valence-corrected chi connectivity index (χ1v) is 13.8. The maximum Gasteiger partial charge on any atom is 0.185 e. The molecule has 0 bridgehead atoms. The monoisotopic (exact) mass is 574 g/mol. The van der Waals surface area contributed by atoms with Crippen LogP contribution in [0.2, 0.25) is 0 Å². The van der Waals surface area contributed by atoms with Crippen LogP contribution in [-0.2, 0) is 6.54 Å². The Labute approximate surface area is 230 Å². The Bertz CT molecular complexity index is 1310. The van der Waals surface area contributed by atoms with Gasteiger partial charge in [-0.1, -0.05) is 110 Å². The van der Waals surface area contributed by atoms with Crippen LogP contribution in [0.25, 0.3) is 5.57 Å². The average Bonchev–Trinajstić information content (AvgIpc) is 3.40. The lowest BCUT2D eigenvalue weighted by Gasteiger charge is -2.25. The van der Waals surface area contributed by atoms with E-state index in [9.17, 15) is 0 Å². The molecule has 1 saturated heterocycles. The number of rotatable bonds is 6. The summed E-state index contributed by atoms with van der Waals surface area (Å²) < 4.78 is 0.909. The zero-order valence-electron chi connectivity index (χ0n) is 19.9. The highest BCUT2D eigenvalue weighted by atomic mass is 79.9. The number of allylic oxidation sites excluding steroid dienone is 7. The quantitative estimate of drug-likeness (QED) is 0.258. The highest BCUT2D eigenvalue weighted by Crippen LogP contribution is 2.48. The number of thiocarbonyl (C=S) groups is 1. The second-order valence-corrected chi connectivity index (χ2v) is 11.2. The van der Waals surface area contributed by atoms with Crippen LogP contribution in [0.3, 0.4) is 0 Å². The molecule has 2 aromatic rings. The zero-order valence-corrected chi connectivity index (χ0v) is 23.1. The fourth-order valence-corrected chi connectivity index (χ4v) is 6.87. The smallest absolute Gasteiger partial charge is 0.185 e. The SMILES string of the molecule is C=C(/C(=C1\C(=N)SC(C2NNC(=S)N2Cc2ccccc2)=C1Br)C1C=CC(C)C=C1)c1ccccc1. The van der Waals surface area contributed by atoms with Crippen molar-refractivity contribution < 1.29 is 0 Å². The van der Waals surface area contributed by atoms with Gasteiger partial charge in [0, 0.05) is 27.4 Å². The molecule has 4 nitrogen and oxygen atoms in total. The standard InChI is InChI=1S/C29H27BrN4S2/c1-18-13-15-22(16-14-18)23(19(2)21-11-7-4-8-12-21)24-25(30)26(36-27(24)31)28-32-33-29(35)34(28)17-20-9-5-3-6-10-20/h3-16,18,22,28,31-32H,2,17H2,1H3,(H,33,35)/b24-23+,31-27?. The zero-order chi connectivity index (χ0) is 25.2. The van der Waals surface area contributed by atoms with E-state index < -0.39 is 0 Å². The molecule has 182 valence electrons. The molecule has 2 aliphatic heterocycles. The maximum absolute atomic E-state index is 9.06. The number of benzene rings is 2. The molecular formula is C29H27BrN4S2. The number of thioether (sulfide) groups is 1. The van der Waals surface area contributed by atoms with E-state index in [1.165, 1.54) is 17.3 Å². The van der Waals surface area contributed by atoms with Gasteiger partial charge in [0.2, 0.25) is 0 Å². The lowest BCUT2D eigenvalue weighted by atomic mass is 9.82. The van der Waals surface area contributed by atoms with Gasteiger partial charge in [-0.05, 0) is 56.3 Å². The highest BCUT2D eigenvalue weighted by Gasteiger charge is 2.39. The molecule has 1 atom stereocenters. The molecule has 1 aliphatic carbocycles. The molecule has 2 aromatic carbocycles. The van der Waals surface area contributed by atoms with Crippen molar-refractivity contribution >= 4 is 55.6 Å². The molecule has 0 amide bonds. The molecule has 1 fully saturated rings. The minimum atomic E-state index is -0.196. The first-order valence-electron chi connectivity index (χ1n) is 11.8. The van der Waals surface area contributed by atoms with E-state index in [0.717, 1.165) is 31.7 Å². The van der Waals surface area contributed by atoms with Gasteiger partial charge >= 0.3 is 0 Å². The predicted molar refractivity (Wildman–Crippen MR) is 159 cm³/mol. The van der Waals surface area contributed by atoms with Gasteiger partial charge in [0.15, 0.2) is 5.11 Å². The lowest BCUT2D eigenvalue weighted by Crippen LogP contribution is -2.37. The molecule has 3 N–H and O–H groups in total. The first-order chi connectivity index (χ1) is 17.4. The Morgan fingerprint density at radius 1 is 1.06 bits per heavy atom. The predicted octanol–water partition coefficient (Wildman–Crippen LogP) is 6.93. The Kier molecular flexibility index (Phi) is 7.44. The normalized spacial score (nSPS) is 24.9. The summed E-state index contributed by atoms with van der Waals surface area (Å²) in [4.78, 5) is 3.13. The summed E-state index contributed by atoms with van der Waals surface area (Å²) in [6.07, 6.45) is 8.69. The second-order valence-electron chi connectivity index (χ2n) is 8.99. The summed E-state index contributed by atoms with van der Waals surface area (Å²) >= 11 is 11.0. The third-order valence-electron chi connectivity index (χ3n) is 6.50. The van der Waals surface area contributed by atoms with E-state index >= 15 is 0 Å². The average molecular weight is 576 g/mol. The van der Waals surface area contributed by atoms with Crippen molar-refractivity contribution in [2.24, 2.45) is 11.8 Å². The summed E-state index contributed by atoms with van der Waals surface area (Å²) in [6, 6.07) is 20.5. The molecule has 0 saturated carbocycles. The van der Waals surface area contributed by atoms with Crippen LogP contribution >= 0.6 is 39.9 Å². The topological polar surface area (TPSA) is 51.2 Å². The largest absolute Gasteiger partial charge is 0.322 e. The van der Waals surface area contributed by atoms with Gasteiger partial charge in [0.1, 0.15) is 11.2 Å². The molecule has 7 heteroatoms. The Morgan fingerprint density at radius 3 is 2.36 bits per heavy atom. The Hall–Kier alpha value is -2.71. The summed E-state index contributed by atoms with van der Waals surface area (Å²) in [5, 5.41) is 10.2. The van der Waals surface area contributed by atoms with Crippen molar-refractivity contribution in [3.8, 4) is 0 Å². The van der Waals surface area contributed by atoms with Crippen molar-refractivity contribution in [3.05, 3.63) is 123 Å². The van der Waals surface area contributed by atoms with Crippen LogP contribution < -0.4 is 10.9 Å². The molecule has 3 aliphatic rings. The lowest BCUT2D eigenvalue weighted by molar-refractivity contribution is 0.352. The molecule has 0 spiro atoms. The van der Waals surface area contributed by atoms with E-state index in [-0.39, 0.29) is 12.1 Å². The molecule has 5 rings (SSSR count). The van der Waals surface area contributed by atoms with Crippen LogP contribution in [0.5, 0.6) is 0 Å². The number of hydrazine groups is 1. The number of hydrogen-bond acceptors (Lipinski definition) is 4. The van der Waals surface area contributed by atoms with Crippen molar-refractivity contribution in [1.82, 2.24) is 15.8 Å². The third kappa shape index (κ3) is 4.93. The van der Waals surface area contributed by atoms with Gasteiger partial charge in [-0.15, -0.1) is 0 Å². The van der Waals surface area contributed by atoms with Gasteiger partial charge < -0.3 is 4.90 Å². The number of nitrogens with zero attached hydrogens (tertiary/aromatic N) is 1. The van der Waals surface area contributed by atoms with E-state index in [4.69, 9.17) is 17.6 Å². The van der Waals surface area contributed by atoms with Crippen molar-refractivity contribution in [2.45, 2.75) is 19.6 Å². The van der Waals surface area contributed by atoms with Gasteiger partial charge in [-0.25, -0.2) is 5.43 Å². The van der Waals surface area contributed by atoms with Crippen molar-refractivity contribution in [3.63, 3.8) is 0 Å². The molecule has 36 heavy (non-hydrogen) atoms. The van der Waals surface area contributed by atoms with Crippen molar-refractivity contribution in [2.75, 3.05) is 0 Å². The molecular weight excluding hydrogens is 548 g/mol. The van der Waals surface area contributed by atoms with Gasteiger partial charge in [-0.3, -0.25) is 10.8 Å². The molecule has 1 unspecified atom stereocenters. The molecule has 2 heterocycles. The Balaban J connectivity index is 1.58. The minimum Gasteiger partial charge on any atom is -0.322 e. The summed E-state index contributed by atoms with van der Waals surface area (Å²) in [6.45, 7) is 7.34. The second kappa shape index (κ2) is 10.7. The Morgan fingerprint density at radius 2 is 1.69 bits per heavy atom. The van der Waals surface area contributed by atoms with E-state index in [1.807, 2.05) is 36.4 Å². The fourth-order valence-electron chi connectivity index (χ4n) is 4.62. The summed E-state index contributed by atoms with van der Waals surface area (Å²) in [5.74, 6) is 0.429. The van der Waals surface area contributed by atoms with Crippen LogP contribution in [0, 0.1) is 17.2 Å². The highest BCUT2D eigenvalue weighted by molar-refractivity contribution is 9.12. The van der Waals surface area contributed by atoms with Crippen LogP contribution in [0.1, 0.15) is 18.1 Å². The van der Waals surface area contributed by atoms with Gasteiger partial charge in [0.25, 0.3) is 0 Å². The van der Waals surface area contributed by atoms with Crippen LogP contribution in [0.4, 0.5) is 0 Å². The summed E-state index contributed by atoms with van der Waals surface area (Å²) in [7, 11) is 0. The van der Waals surface area contributed by atoms with Gasteiger partial charge in [0.05, 0.1) is 0 Å². The maximum atomic E-state index is 9.06. The molecule has 0 radical (unpaired) electrons. The van der Waals surface area contributed by atoms with Crippen molar-refractivity contribution in [1.29, 1.82) is 5.41 Å². The fraction of sp³-hybridized carbons (Fsp3) is 0.172. The third-order valence-corrected chi connectivity index (χ3v) is 8.98. The summed E-state index contributed by atoms with van der Waals surface area (Å²) in [5.41, 5.74) is 11.5. The van der Waals surface area contributed by atoms with E-state index in [0.29, 0.717) is 22.6 Å². The van der Waals surface area contributed by atoms with Crippen LogP contribution in [0.15, 0.2) is 112 Å². The minimum absolute atomic E-state index is 0.0351. The van der Waals surface area contributed by atoms with Crippen LogP contribution in [-0.4, -0.2) is 21.2 Å². The number of hydrogen-bond donors (Lipinski definition) is 3. The number of halogens is 1. The van der Waals surface area contributed by atoms with E-state index in [1.54, 1.807) is 0 Å². The first kappa shape index (κ1) is 25.0. The van der Waals surface area contributed by atoms with E-state index in [2.05, 4.69) is 93.8 Å². The van der Waals surface area contributed by atoms with Gasteiger partial charge in [-0.2, -0.15) is 0 Å². The molecule has 0 aromatic heterocycles.